The number of hydrogen-bond acceptors (Lipinski definition) is 7. The third-order valence-corrected chi connectivity index (χ3v) is 4.01. The van der Waals surface area contributed by atoms with Gasteiger partial charge in [0.15, 0.2) is 5.13 Å². The molecule has 2 aromatic heterocycles. The summed E-state index contributed by atoms with van der Waals surface area (Å²) in [6.45, 7) is 4.57. The van der Waals surface area contributed by atoms with Crippen molar-refractivity contribution in [1.82, 2.24) is 15.3 Å². The minimum atomic E-state index is 0.0401. The molecule has 0 aromatic carbocycles. The molecule has 0 aliphatic heterocycles. The number of thiazole rings is 1. The average Bonchev–Trinajstić information content (AvgIpc) is 3.01. The molecular weight excluding hydrogens is 276 g/mol. The zero-order chi connectivity index (χ0) is 14.7. The Balaban J connectivity index is 2.03. The van der Waals surface area contributed by atoms with Crippen LogP contribution in [0.1, 0.15) is 29.5 Å². The second kappa shape index (κ2) is 6.23. The Bertz CT molecular complexity index is 564. The van der Waals surface area contributed by atoms with Crippen molar-refractivity contribution in [1.29, 1.82) is 0 Å². The van der Waals surface area contributed by atoms with Gasteiger partial charge in [0.1, 0.15) is 5.76 Å². The largest absolute Gasteiger partial charge is 0.480 e. The van der Waals surface area contributed by atoms with Gasteiger partial charge in [0, 0.05) is 20.6 Å². The van der Waals surface area contributed by atoms with E-state index < -0.39 is 0 Å². The predicted molar refractivity (Wildman–Crippen MR) is 79.5 cm³/mol. The quantitative estimate of drug-likeness (QED) is 0.883. The van der Waals surface area contributed by atoms with E-state index in [9.17, 15) is 0 Å². The van der Waals surface area contributed by atoms with Crippen LogP contribution in [0.15, 0.2) is 10.6 Å². The van der Waals surface area contributed by atoms with Crippen molar-refractivity contribution in [3.63, 3.8) is 0 Å². The first-order valence-electron chi connectivity index (χ1n) is 6.38. The van der Waals surface area contributed by atoms with E-state index in [4.69, 9.17) is 9.15 Å². The molecule has 1 atom stereocenters. The van der Waals surface area contributed by atoms with E-state index in [1.54, 1.807) is 24.6 Å². The summed E-state index contributed by atoms with van der Waals surface area (Å²) in [6.07, 6.45) is 1.73. The Labute approximate surface area is 122 Å². The fourth-order valence-corrected chi connectivity index (χ4v) is 2.60. The van der Waals surface area contributed by atoms with E-state index in [1.807, 2.05) is 32.8 Å². The summed E-state index contributed by atoms with van der Waals surface area (Å²) < 4.78 is 10.8. The number of aryl methyl sites for hydroxylation is 1. The second-order valence-corrected chi connectivity index (χ2v) is 5.80. The fourth-order valence-electron chi connectivity index (χ4n) is 1.69. The Morgan fingerprint density at radius 3 is 2.80 bits per heavy atom. The number of nitrogens with zero attached hydrogens (tertiary/aromatic N) is 3. The summed E-state index contributed by atoms with van der Waals surface area (Å²) in [6, 6.07) is 0.0401. The van der Waals surface area contributed by atoms with Gasteiger partial charge in [-0.3, -0.25) is 0 Å². The van der Waals surface area contributed by atoms with E-state index >= 15 is 0 Å². The number of nitrogens with one attached hydrogen (secondary N) is 1. The fraction of sp³-hybridized carbons (Fsp3) is 0.538. The summed E-state index contributed by atoms with van der Waals surface area (Å²) in [5.41, 5.74) is 0. The maximum Gasteiger partial charge on any atom is 0.230 e. The van der Waals surface area contributed by atoms with Gasteiger partial charge in [-0.1, -0.05) is 11.3 Å². The van der Waals surface area contributed by atoms with Gasteiger partial charge in [-0.25, -0.2) is 4.98 Å². The minimum Gasteiger partial charge on any atom is -0.480 e. The average molecular weight is 296 g/mol. The van der Waals surface area contributed by atoms with Crippen molar-refractivity contribution in [2.45, 2.75) is 26.4 Å². The number of anilines is 1. The topological polar surface area (TPSA) is 63.4 Å². The SMILES string of the molecule is COc1nc(N(C)C)sc1CNC(C)c1ncc(C)o1. The van der Waals surface area contributed by atoms with Crippen LogP contribution >= 0.6 is 11.3 Å². The molecule has 0 radical (unpaired) electrons. The van der Waals surface area contributed by atoms with E-state index in [0.29, 0.717) is 18.3 Å². The smallest absolute Gasteiger partial charge is 0.230 e. The first-order valence-corrected chi connectivity index (χ1v) is 7.19. The molecule has 0 aliphatic rings. The Morgan fingerprint density at radius 2 is 2.25 bits per heavy atom. The minimum absolute atomic E-state index is 0.0401. The molecule has 0 saturated heterocycles. The Hall–Kier alpha value is -1.60. The van der Waals surface area contributed by atoms with E-state index in [2.05, 4.69) is 15.3 Å². The lowest BCUT2D eigenvalue weighted by Crippen LogP contribution is -2.18. The van der Waals surface area contributed by atoms with Crippen LogP contribution in [0.3, 0.4) is 0 Å². The summed E-state index contributed by atoms with van der Waals surface area (Å²) in [5.74, 6) is 2.18. The number of rotatable bonds is 6. The number of methoxy groups -OCH3 is 1. The number of ether oxygens (including phenoxy) is 1. The number of aromatic nitrogens is 2. The molecule has 20 heavy (non-hydrogen) atoms. The van der Waals surface area contributed by atoms with Crippen LogP contribution in [0, 0.1) is 6.92 Å². The van der Waals surface area contributed by atoms with Crippen LogP contribution in [-0.2, 0) is 6.54 Å². The van der Waals surface area contributed by atoms with Gasteiger partial charge in [-0.2, -0.15) is 4.98 Å². The van der Waals surface area contributed by atoms with Gasteiger partial charge in [-0.05, 0) is 13.8 Å². The number of oxazole rings is 1. The van der Waals surface area contributed by atoms with E-state index in [1.165, 1.54) is 0 Å². The normalized spacial score (nSPS) is 12.4. The molecule has 2 rings (SSSR count). The van der Waals surface area contributed by atoms with Crippen LogP contribution in [0.2, 0.25) is 0 Å². The summed E-state index contributed by atoms with van der Waals surface area (Å²) in [5, 5.41) is 4.30. The van der Waals surface area contributed by atoms with Gasteiger partial charge in [-0.15, -0.1) is 0 Å². The molecule has 1 unspecified atom stereocenters. The molecule has 7 heteroatoms. The van der Waals surface area contributed by atoms with Crippen LogP contribution in [0.25, 0.3) is 0 Å². The molecule has 0 amide bonds. The van der Waals surface area contributed by atoms with Crippen molar-refractivity contribution in [3.8, 4) is 5.88 Å². The highest BCUT2D eigenvalue weighted by atomic mass is 32.1. The molecule has 2 heterocycles. The highest BCUT2D eigenvalue weighted by Gasteiger charge is 2.16. The summed E-state index contributed by atoms with van der Waals surface area (Å²) in [7, 11) is 5.57. The van der Waals surface area contributed by atoms with E-state index in [-0.39, 0.29) is 6.04 Å². The lowest BCUT2D eigenvalue weighted by Gasteiger charge is -2.09. The van der Waals surface area contributed by atoms with Crippen molar-refractivity contribution >= 4 is 16.5 Å². The predicted octanol–water partition coefficient (Wildman–Crippen LogP) is 2.36. The van der Waals surface area contributed by atoms with Gasteiger partial charge < -0.3 is 19.4 Å². The first-order chi connectivity index (χ1) is 9.51. The van der Waals surface area contributed by atoms with Gasteiger partial charge >= 0.3 is 0 Å². The summed E-state index contributed by atoms with van der Waals surface area (Å²) in [4.78, 5) is 11.7. The van der Waals surface area contributed by atoms with Crippen molar-refractivity contribution in [2.24, 2.45) is 0 Å². The van der Waals surface area contributed by atoms with Crippen molar-refractivity contribution < 1.29 is 9.15 Å². The standard InChI is InChI=1S/C13H20N4O2S/c1-8-6-15-11(19-8)9(2)14-7-10-12(18-5)16-13(20-10)17(3)4/h6,9,14H,7H2,1-5H3. The van der Waals surface area contributed by atoms with Crippen molar-refractivity contribution in [2.75, 3.05) is 26.1 Å². The third-order valence-electron chi connectivity index (χ3n) is 2.80. The van der Waals surface area contributed by atoms with E-state index in [0.717, 1.165) is 15.8 Å². The van der Waals surface area contributed by atoms with Crippen LogP contribution in [0.5, 0.6) is 5.88 Å². The molecule has 110 valence electrons. The molecule has 6 nitrogen and oxygen atoms in total. The molecule has 0 spiro atoms. The van der Waals surface area contributed by atoms with Gasteiger partial charge in [0.25, 0.3) is 0 Å². The molecular formula is C13H20N4O2S. The Morgan fingerprint density at radius 1 is 1.50 bits per heavy atom. The summed E-state index contributed by atoms with van der Waals surface area (Å²) >= 11 is 1.61. The molecule has 1 N–H and O–H groups in total. The molecule has 0 saturated carbocycles. The van der Waals surface area contributed by atoms with Crippen molar-refractivity contribution in [3.05, 3.63) is 22.7 Å². The number of hydrogen-bond donors (Lipinski definition) is 1. The maximum atomic E-state index is 5.51. The molecule has 2 aromatic rings. The van der Waals surface area contributed by atoms with Crippen LogP contribution in [-0.4, -0.2) is 31.2 Å². The van der Waals surface area contributed by atoms with Gasteiger partial charge in [0.05, 0.1) is 24.2 Å². The lowest BCUT2D eigenvalue weighted by atomic mass is 10.3. The zero-order valence-electron chi connectivity index (χ0n) is 12.4. The van der Waals surface area contributed by atoms with Gasteiger partial charge in [0.2, 0.25) is 11.8 Å². The highest BCUT2D eigenvalue weighted by molar-refractivity contribution is 7.15. The monoisotopic (exact) mass is 296 g/mol. The third kappa shape index (κ3) is 3.29. The maximum absolute atomic E-state index is 5.51. The van der Waals surface area contributed by atoms with Crippen LogP contribution in [0.4, 0.5) is 5.13 Å². The highest BCUT2D eigenvalue weighted by Crippen LogP contribution is 2.30. The van der Waals surface area contributed by atoms with Crippen LogP contribution < -0.4 is 15.0 Å². The molecule has 0 bridgehead atoms. The second-order valence-electron chi connectivity index (χ2n) is 4.74. The Kier molecular flexibility index (Phi) is 4.61. The zero-order valence-corrected chi connectivity index (χ0v) is 13.2. The lowest BCUT2D eigenvalue weighted by molar-refractivity contribution is 0.384. The molecule has 0 fully saturated rings. The molecule has 0 aliphatic carbocycles. The first kappa shape index (κ1) is 14.8.